The highest BCUT2D eigenvalue weighted by Crippen LogP contribution is 2.27. The number of aromatic nitrogens is 2. The highest BCUT2D eigenvalue weighted by molar-refractivity contribution is 5.97. The van der Waals surface area contributed by atoms with Crippen LogP contribution < -0.4 is 5.32 Å². The van der Waals surface area contributed by atoms with Crippen molar-refractivity contribution in [1.29, 1.82) is 0 Å². The molecule has 0 radical (unpaired) electrons. The van der Waals surface area contributed by atoms with E-state index >= 15 is 0 Å². The first kappa shape index (κ1) is 14.6. The van der Waals surface area contributed by atoms with Crippen LogP contribution in [-0.4, -0.2) is 22.0 Å². The number of carbonyl (C=O) groups excluding carboxylic acids is 1. The van der Waals surface area contributed by atoms with Crippen LogP contribution in [0, 0.1) is 12.7 Å². The van der Waals surface area contributed by atoms with Crippen LogP contribution in [0.2, 0.25) is 0 Å². The molecule has 1 aliphatic heterocycles. The maximum absolute atomic E-state index is 13.7. The molecule has 2 aromatic carbocycles. The van der Waals surface area contributed by atoms with Crippen LogP contribution in [0.15, 0.2) is 48.8 Å². The Balaban J connectivity index is 1.85. The van der Waals surface area contributed by atoms with Crippen molar-refractivity contribution in [2.75, 3.05) is 6.54 Å². The molecule has 4 nitrogen and oxygen atoms in total. The van der Waals surface area contributed by atoms with E-state index in [2.05, 4.69) is 10.3 Å². The Bertz CT molecular complexity index is 946. The summed E-state index contributed by atoms with van der Waals surface area (Å²) in [6.07, 6.45) is 4.34. The lowest BCUT2D eigenvalue weighted by Gasteiger charge is -2.18. The van der Waals surface area contributed by atoms with E-state index < -0.39 is 0 Å². The number of nitrogens with zero attached hydrogens (tertiary/aromatic N) is 2. The van der Waals surface area contributed by atoms with Gasteiger partial charge >= 0.3 is 0 Å². The molecule has 24 heavy (non-hydrogen) atoms. The van der Waals surface area contributed by atoms with Crippen molar-refractivity contribution in [1.82, 2.24) is 14.9 Å². The molecule has 120 valence electrons. The standard InChI is InChI=1S/C19H16FN3O/c1-12-2-4-14(20)10-16(12)18-21-8-9-23(18)15-5-3-13-6-7-22-19(24)17(13)11-15/h2-5,8-11H,6-7H2,1H3,(H,22,24). The minimum Gasteiger partial charge on any atom is -0.352 e. The quantitative estimate of drug-likeness (QED) is 0.787. The number of fused-ring (bicyclic) bond motifs is 1. The molecule has 2 heterocycles. The van der Waals surface area contributed by atoms with E-state index in [-0.39, 0.29) is 11.7 Å². The second kappa shape index (κ2) is 5.60. The number of nitrogens with one attached hydrogen (secondary N) is 1. The summed E-state index contributed by atoms with van der Waals surface area (Å²) in [5.74, 6) is 0.305. The molecular weight excluding hydrogens is 305 g/mol. The lowest BCUT2D eigenvalue weighted by molar-refractivity contribution is 0.0946. The highest BCUT2D eigenvalue weighted by Gasteiger charge is 2.18. The summed E-state index contributed by atoms with van der Waals surface area (Å²) >= 11 is 0. The Labute approximate surface area is 139 Å². The Morgan fingerprint density at radius 1 is 1.17 bits per heavy atom. The molecule has 0 saturated carbocycles. The molecule has 0 fully saturated rings. The highest BCUT2D eigenvalue weighted by atomic mass is 19.1. The fraction of sp³-hybridized carbons (Fsp3) is 0.158. The van der Waals surface area contributed by atoms with Gasteiger partial charge in [-0.05, 0) is 48.7 Å². The third-order valence-electron chi connectivity index (χ3n) is 4.38. The van der Waals surface area contributed by atoms with Crippen LogP contribution in [0.25, 0.3) is 17.1 Å². The summed E-state index contributed by atoms with van der Waals surface area (Å²) in [7, 11) is 0. The molecule has 1 aliphatic rings. The Kier molecular flexibility index (Phi) is 3.41. The van der Waals surface area contributed by atoms with Gasteiger partial charge in [0.15, 0.2) is 0 Å². The van der Waals surface area contributed by atoms with E-state index in [4.69, 9.17) is 0 Å². The molecule has 1 aromatic heterocycles. The predicted octanol–water partition coefficient (Wildman–Crippen LogP) is 3.27. The third kappa shape index (κ3) is 2.38. The molecule has 1 N–H and O–H groups in total. The first-order valence-electron chi connectivity index (χ1n) is 7.85. The second-order valence-electron chi connectivity index (χ2n) is 5.93. The molecule has 0 atom stereocenters. The van der Waals surface area contributed by atoms with Gasteiger partial charge in [-0.1, -0.05) is 12.1 Å². The number of rotatable bonds is 2. The number of aryl methyl sites for hydroxylation is 1. The van der Waals surface area contributed by atoms with Gasteiger partial charge < -0.3 is 5.32 Å². The van der Waals surface area contributed by atoms with Gasteiger partial charge in [0.05, 0.1) is 0 Å². The van der Waals surface area contributed by atoms with Crippen molar-refractivity contribution in [2.45, 2.75) is 13.3 Å². The number of halogens is 1. The minimum atomic E-state index is -0.296. The normalized spacial score (nSPS) is 13.5. The van der Waals surface area contributed by atoms with Gasteiger partial charge in [-0.3, -0.25) is 9.36 Å². The summed E-state index contributed by atoms with van der Waals surface area (Å²) in [5, 5.41) is 2.86. The maximum atomic E-state index is 13.7. The molecule has 4 rings (SSSR count). The Morgan fingerprint density at radius 2 is 2.04 bits per heavy atom. The van der Waals surface area contributed by atoms with E-state index in [1.54, 1.807) is 12.3 Å². The van der Waals surface area contributed by atoms with Gasteiger partial charge in [0.1, 0.15) is 11.6 Å². The Hall–Kier alpha value is -2.95. The van der Waals surface area contributed by atoms with Crippen molar-refractivity contribution < 1.29 is 9.18 Å². The van der Waals surface area contributed by atoms with Crippen LogP contribution in [0.4, 0.5) is 4.39 Å². The first-order valence-corrected chi connectivity index (χ1v) is 7.85. The SMILES string of the molecule is Cc1ccc(F)cc1-c1nccn1-c1ccc2c(c1)C(=O)NCC2. The molecule has 0 aliphatic carbocycles. The van der Waals surface area contributed by atoms with Gasteiger partial charge in [-0.2, -0.15) is 0 Å². The van der Waals surface area contributed by atoms with Crippen molar-refractivity contribution in [3.05, 3.63) is 71.3 Å². The van der Waals surface area contributed by atoms with Gasteiger partial charge in [0, 0.05) is 35.8 Å². The smallest absolute Gasteiger partial charge is 0.251 e. The van der Waals surface area contributed by atoms with Crippen molar-refractivity contribution in [3.63, 3.8) is 0 Å². The van der Waals surface area contributed by atoms with Crippen molar-refractivity contribution >= 4 is 5.91 Å². The summed E-state index contributed by atoms with van der Waals surface area (Å²) in [4.78, 5) is 16.5. The molecule has 5 heteroatoms. The average Bonchev–Trinajstić information content (AvgIpc) is 3.06. The number of hydrogen-bond donors (Lipinski definition) is 1. The third-order valence-corrected chi connectivity index (χ3v) is 4.38. The Morgan fingerprint density at radius 3 is 2.92 bits per heavy atom. The van der Waals surface area contributed by atoms with Crippen LogP contribution in [-0.2, 0) is 6.42 Å². The maximum Gasteiger partial charge on any atom is 0.251 e. The van der Waals surface area contributed by atoms with Crippen LogP contribution in [0.1, 0.15) is 21.5 Å². The summed E-state index contributed by atoms with van der Waals surface area (Å²) in [6, 6.07) is 10.5. The zero-order valence-electron chi connectivity index (χ0n) is 13.2. The summed E-state index contributed by atoms with van der Waals surface area (Å²) < 4.78 is 15.5. The number of imidazole rings is 1. The number of benzene rings is 2. The van der Waals surface area contributed by atoms with E-state index in [1.165, 1.54) is 12.1 Å². The van der Waals surface area contributed by atoms with E-state index in [0.29, 0.717) is 17.9 Å². The first-order chi connectivity index (χ1) is 11.6. The molecule has 0 saturated heterocycles. The lowest BCUT2D eigenvalue weighted by atomic mass is 9.99. The average molecular weight is 321 g/mol. The lowest BCUT2D eigenvalue weighted by Crippen LogP contribution is -2.31. The number of carbonyl (C=O) groups is 1. The van der Waals surface area contributed by atoms with E-state index in [9.17, 15) is 9.18 Å². The van der Waals surface area contributed by atoms with Crippen LogP contribution >= 0.6 is 0 Å². The largest absolute Gasteiger partial charge is 0.352 e. The summed E-state index contributed by atoms with van der Waals surface area (Å²) in [6.45, 7) is 2.60. The number of hydrogen-bond acceptors (Lipinski definition) is 2. The van der Waals surface area contributed by atoms with E-state index in [0.717, 1.165) is 28.8 Å². The van der Waals surface area contributed by atoms with E-state index in [1.807, 2.05) is 35.9 Å². The molecule has 3 aromatic rings. The zero-order chi connectivity index (χ0) is 16.7. The van der Waals surface area contributed by atoms with Crippen molar-refractivity contribution in [3.8, 4) is 17.1 Å². The van der Waals surface area contributed by atoms with Gasteiger partial charge in [-0.25, -0.2) is 9.37 Å². The molecular formula is C19H16FN3O. The molecule has 0 spiro atoms. The molecule has 0 unspecified atom stereocenters. The predicted molar refractivity (Wildman–Crippen MR) is 89.7 cm³/mol. The van der Waals surface area contributed by atoms with Crippen molar-refractivity contribution in [2.24, 2.45) is 0 Å². The van der Waals surface area contributed by atoms with Gasteiger partial charge in [0.2, 0.25) is 0 Å². The minimum absolute atomic E-state index is 0.0540. The molecule has 0 bridgehead atoms. The second-order valence-corrected chi connectivity index (χ2v) is 5.93. The molecule has 1 amide bonds. The fourth-order valence-electron chi connectivity index (χ4n) is 3.10. The van der Waals surface area contributed by atoms with Crippen LogP contribution in [0.3, 0.4) is 0 Å². The monoisotopic (exact) mass is 321 g/mol. The van der Waals surface area contributed by atoms with Crippen LogP contribution in [0.5, 0.6) is 0 Å². The zero-order valence-corrected chi connectivity index (χ0v) is 13.2. The topological polar surface area (TPSA) is 46.9 Å². The fourth-order valence-corrected chi connectivity index (χ4v) is 3.10. The number of amides is 1. The van der Waals surface area contributed by atoms with Gasteiger partial charge in [-0.15, -0.1) is 0 Å². The summed E-state index contributed by atoms with van der Waals surface area (Å²) in [5.41, 5.74) is 4.25. The van der Waals surface area contributed by atoms with Gasteiger partial charge in [0.25, 0.3) is 5.91 Å².